The van der Waals surface area contributed by atoms with E-state index in [-0.39, 0.29) is 30.5 Å². The third kappa shape index (κ3) is 4.56. The maximum absolute atomic E-state index is 15.0. The van der Waals surface area contributed by atoms with Gasteiger partial charge in [-0.05, 0) is 66.1 Å². The predicted molar refractivity (Wildman–Crippen MR) is 135 cm³/mol. The number of hydrogen-bond acceptors (Lipinski definition) is 8. The lowest BCUT2D eigenvalue weighted by atomic mass is 9.91. The Hall–Kier alpha value is -3.35. The molecule has 202 valence electrons. The molecule has 1 aromatic carbocycles. The highest BCUT2D eigenvalue weighted by Crippen LogP contribution is 2.37. The van der Waals surface area contributed by atoms with Crippen molar-refractivity contribution in [2.75, 3.05) is 27.4 Å². The van der Waals surface area contributed by atoms with E-state index in [0.29, 0.717) is 53.2 Å². The molecule has 2 aromatic heterocycles. The molecule has 0 unspecified atom stereocenters. The van der Waals surface area contributed by atoms with Crippen LogP contribution in [0.15, 0.2) is 35.5 Å². The lowest BCUT2D eigenvalue weighted by molar-refractivity contribution is -0.206. The van der Waals surface area contributed by atoms with E-state index in [1.54, 1.807) is 12.1 Å². The van der Waals surface area contributed by atoms with E-state index in [1.807, 2.05) is 6.92 Å². The summed E-state index contributed by atoms with van der Waals surface area (Å²) in [5.74, 6) is -0.742. The largest absolute Gasteiger partial charge is 0.481 e. The summed E-state index contributed by atoms with van der Waals surface area (Å²) >= 11 is 0. The van der Waals surface area contributed by atoms with Crippen LogP contribution in [0.1, 0.15) is 35.7 Å². The minimum absolute atomic E-state index is 0.251. The van der Waals surface area contributed by atoms with Crippen molar-refractivity contribution in [1.82, 2.24) is 19.5 Å². The number of fused-ring (bicyclic) bond motifs is 1. The Bertz CT molecular complexity index is 1490. The molecule has 38 heavy (non-hydrogen) atoms. The number of aromatic nitrogens is 3. The van der Waals surface area contributed by atoms with Crippen LogP contribution in [0, 0.1) is 5.82 Å². The Labute approximate surface area is 220 Å². The van der Waals surface area contributed by atoms with Crippen molar-refractivity contribution < 1.29 is 31.8 Å². The van der Waals surface area contributed by atoms with Gasteiger partial charge < -0.3 is 14.2 Å². The van der Waals surface area contributed by atoms with Crippen LogP contribution in [0.2, 0.25) is 0 Å². The number of carbonyl (C=O) groups excluding carboxylic acids is 1. The van der Waals surface area contributed by atoms with Gasteiger partial charge in [0.05, 0.1) is 32.4 Å². The molecule has 3 heterocycles. The first kappa shape index (κ1) is 26.3. The second kappa shape index (κ2) is 10.1. The number of ether oxygens (including phenoxy) is 3. The lowest BCUT2D eigenvalue weighted by Gasteiger charge is -2.39. The molecule has 2 aliphatic rings. The Balaban J connectivity index is 1.46. The molecule has 3 aromatic rings. The van der Waals surface area contributed by atoms with Crippen molar-refractivity contribution in [2.24, 2.45) is 0 Å². The zero-order valence-electron chi connectivity index (χ0n) is 21.4. The molecular weight excluding hydrogens is 515 g/mol. The molecule has 0 spiro atoms. The zero-order chi connectivity index (χ0) is 27.1. The van der Waals surface area contributed by atoms with Crippen molar-refractivity contribution in [2.45, 2.75) is 49.8 Å². The third-order valence-corrected chi connectivity index (χ3v) is 8.41. The molecule has 0 saturated carbocycles. The van der Waals surface area contributed by atoms with Gasteiger partial charge in [0, 0.05) is 32.0 Å². The second-order valence-corrected chi connectivity index (χ2v) is 11.0. The molecule has 1 N–H and O–H groups in total. The van der Waals surface area contributed by atoms with Gasteiger partial charge in [0.2, 0.25) is 11.8 Å². The third-order valence-electron chi connectivity index (χ3n) is 7.17. The average molecular weight is 545 g/mol. The summed E-state index contributed by atoms with van der Waals surface area (Å²) in [5.41, 5.74) is 2.80. The summed E-state index contributed by atoms with van der Waals surface area (Å²) in [6.45, 7) is 2.79. The smallest absolute Gasteiger partial charge is 0.283 e. The van der Waals surface area contributed by atoms with Gasteiger partial charge in [-0.1, -0.05) is 0 Å². The van der Waals surface area contributed by atoms with Crippen molar-refractivity contribution in [3.05, 3.63) is 58.7 Å². The van der Waals surface area contributed by atoms with Crippen LogP contribution in [0.3, 0.4) is 0 Å². The van der Waals surface area contributed by atoms with Gasteiger partial charge in [0.15, 0.2) is 10.6 Å². The molecule has 1 aliphatic carbocycles. The fourth-order valence-electron chi connectivity index (χ4n) is 5.14. The van der Waals surface area contributed by atoms with Crippen LogP contribution in [0.25, 0.3) is 11.1 Å². The highest BCUT2D eigenvalue weighted by atomic mass is 32.2. The van der Waals surface area contributed by atoms with E-state index in [4.69, 9.17) is 14.2 Å². The predicted octanol–water partition coefficient (Wildman–Crippen LogP) is 2.52. The van der Waals surface area contributed by atoms with Crippen molar-refractivity contribution >= 4 is 15.9 Å². The molecule has 1 amide bonds. The summed E-state index contributed by atoms with van der Waals surface area (Å²) < 4.78 is 61.2. The van der Waals surface area contributed by atoms with Gasteiger partial charge in [-0.15, -0.1) is 0 Å². The second-order valence-electron chi connectivity index (χ2n) is 9.36. The molecule has 10 nitrogen and oxygen atoms in total. The number of methoxy groups -OCH3 is 2. The topological polar surface area (TPSA) is 122 Å². The van der Waals surface area contributed by atoms with Gasteiger partial charge in [-0.2, -0.15) is 13.5 Å². The SMILES string of the molecule is CCn1nc(S(=O)(=O)NC(=O)Cc2c(-c3ccnc(OC)c3)cc(F)c3c2CCC3)cc1C1(OC)COC1. The van der Waals surface area contributed by atoms with Gasteiger partial charge in [-0.3, -0.25) is 9.48 Å². The number of hydrogen-bond donors (Lipinski definition) is 1. The first-order valence-corrected chi connectivity index (χ1v) is 13.8. The summed E-state index contributed by atoms with van der Waals surface area (Å²) in [4.78, 5) is 17.3. The highest BCUT2D eigenvalue weighted by molar-refractivity contribution is 7.90. The number of benzene rings is 1. The normalized spacial score (nSPS) is 16.1. The van der Waals surface area contributed by atoms with Crippen LogP contribution in [0.4, 0.5) is 4.39 Å². The van der Waals surface area contributed by atoms with E-state index < -0.39 is 21.5 Å². The van der Waals surface area contributed by atoms with Crippen LogP contribution >= 0.6 is 0 Å². The van der Waals surface area contributed by atoms with E-state index in [1.165, 1.54) is 37.2 Å². The number of amides is 1. The van der Waals surface area contributed by atoms with Crippen molar-refractivity contribution in [3.8, 4) is 17.0 Å². The number of nitrogens with one attached hydrogen (secondary N) is 1. The van der Waals surface area contributed by atoms with Crippen LogP contribution in [-0.2, 0) is 55.7 Å². The first-order chi connectivity index (χ1) is 18.2. The Morgan fingerprint density at radius 2 is 1.97 bits per heavy atom. The number of carbonyl (C=O) groups is 1. The maximum atomic E-state index is 15.0. The molecule has 0 bridgehead atoms. The van der Waals surface area contributed by atoms with Crippen molar-refractivity contribution in [1.29, 1.82) is 0 Å². The van der Waals surface area contributed by atoms with E-state index in [2.05, 4.69) is 14.8 Å². The highest BCUT2D eigenvalue weighted by Gasteiger charge is 2.44. The standard InChI is InChI=1S/C26H29FN4O6S/c1-4-31-22(26(36-3)14-37-15-26)13-25(29-31)38(33,34)30-23(32)12-20-17-6-5-7-18(17)21(27)11-19(20)16-8-9-28-24(10-16)35-2/h8-11,13H,4-7,12,14-15H2,1-3H3,(H,30,32). The van der Waals surface area contributed by atoms with Crippen LogP contribution in [0.5, 0.6) is 5.88 Å². The lowest BCUT2D eigenvalue weighted by Crippen LogP contribution is -2.49. The van der Waals surface area contributed by atoms with Crippen LogP contribution in [-0.4, -0.2) is 56.5 Å². The number of pyridine rings is 1. The van der Waals surface area contributed by atoms with Gasteiger partial charge >= 0.3 is 0 Å². The molecule has 0 atom stereocenters. The molecule has 1 aliphatic heterocycles. The minimum atomic E-state index is -4.29. The van der Waals surface area contributed by atoms with E-state index in [9.17, 15) is 17.6 Å². The van der Waals surface area contributed by atoms with Gasteiger partial charge in [-0.25, -0.2) is 14.1 Å². The molecular formula is C26H29FN4O6S. The van der Waals surface area contributed by atoms with Crippen molar-refractivity contribution in [3.63, 3.8) is 0 Å². The Kier molecular flexibility index (Phi) is 6.97. The quantitative estimate of drug-likeness (QED) is 0.436. The number of rotatable bonds is 9. The van der Waals surface area contributed by atoms with Gasteiger partial charge in [0.25, 0.3) is 10.0 Å². The van der Waals surface area contributed by atoms with Crippen LogP contribution < -0.4 is 9.46 Å². The number of nitrogens with zero attached hydrogens (tertiary/aromatic N) is 3. The fourth-order valence-corrected chi connectivity index (χ4v) is 6.09. The molecule has 5 rings (SSSR count). The Morgan fingerprint density at radius 1 is 1.21 bits per heavy atom. The number of aryl methyl sites for hydroxylation is 1. The van der Waals surface area contributed by atoms with E-state index in [0.717, 1.165) is 12.0 Å². The molecule has 1 saturated heterocycles. The minimum Gasteiger partial charge on any atom is -0.481 e. The summed E-state index contributed by atoms with van der Waals surface area (Å²) in [5, 5.41) is 3.94. The molecule has 1 fully saturated rings. The number of sulfonamides is 1. The van der Waals surface area contributed by atoms with Gasteiger partial charge in [0.1, 0.15) is 5.82 Å². The summed E-state index contributed by atoms with van der Waals surface area (Å²) in [7, 11) is -1.28. The molecule has 0 radical (unpaired) electrons. The maximum Gasteiger partial charge on any atom is 0.283 e. The average Bonchev–Trinajstić information content (AvgIpc) is 3.54. The fraction of sp³-hybridized carbons (Fsp3) is 0.423. The number of halogens is 1. The monoisotopic (exact) mass is 544 g/mol. The summed E-state index contributed by atoms with van der Waals surface area (Å²) in [6, 6.07) is 6.17. The first-order valence-electron chi connectivity index (χ1n) is 12.3. The molecule has 12 heteroatoms. The Morgan fingerprint density at radius 3 is 2.63 bits per heavy atom. The zero-order valence-corrected chi connectivity index (χ0v) is 22.2. The summed E-state index contributed by atoms with van der Waals surface area (Å²) in [6.07, 6.45) is 3.21. The van der Waals surface area contributed by atoms with E-state index >= 15 is 0 Å².